The predicted octanol–water partition coefficient (Wildman–Crippen LogP) is 3.28. The summed E-state index contributed by atoms with van der Waals surface area (Å²) in [6.45, 7) is 3.09. The number of thiazole rings is 1. The van der Waals surface area contributed by atoms with Crippen molar-refractivity contribution < 1.29 is 4.79 Å². The monoisotopic (exact) mass is 392 g/mol. The summed E-state index contributed by atoms with van der Waals surface area (Å²) in [6.07, 6.45) is 4.00. The number of rotatable bonds is 7. The van der Waals surface area contributed by atoms with Crippen LogP contribution in [-0.4, -0.2) is 38.7 Å². The minimum atomic E-state index is -0.134. The molecule has 0 aliphatic carbocycles. The van der Waals surface area contributed by atoms with E-state index in [-0.39, 0.29) is 5.91 Å². The van der Waals surface area contributed by atoms with Crippen molar-refractivity contribution in [1.29, 1.82) is 0 Å². The van der Waals surface area contributed by atoms with Crippen molar-refractivity contribution in [2.45, 2.75) is 13.3 Å². The minimum absolute atomic E-state index is 0.134. The first-order chi connectivity index (χ1) is 13.8. The van der Waals surface area contributed by atoms with Crippen LogP contribution in [0.5, 0.6) is 0 Å². The van der Waals surface area contributed by atoms with Gasteiger partial charge in [-0.15, -0.1) is 0 Å². The van der Waals surface area contributed by atoms with Gasteiger partial charge in [-0.05, 0) is 30.7 Å². The van der Waals surface area contributed by atoms with Gasteiger partial charge in [-0.3, -0.25) is 4.79 Å². The van der Waals surface area contributed by atoms with Gasteiger partial charge in [-0.1, -0.05) is 36.5 Å². The van der Waals surface area contributed by atoms with Gasteiger partial charge in [0.2, 0.25) is 0 Å². The molecule has 1 aromatic carbocycles. The summed E-state index contributed by atoms with van der Waals surface area (Å²) >= 11 is 1.60. The van der Waals surface area contributed by atoms with Crippen LogP contribution >= 0.6 is 11.3 Å². The third-order valence-corrected chi connectivity index (χ3v) is 5.29. The Morgan fingerprint density at radius 2 is 2.00 bits per heavy atom. The second-order valence-corrected chi connectivity index (χ2v) is 7.16. The maximum absolute atomic E-state index is 12.6. The van der Waals surface area contributed by atoms with E-state index in [4.69, 9.17) is 0 Å². The van der Waals surface area contributed by atoms with Gasteiger partial charge >= 0.3 is 0 Å². The number of carbonyl (C=O) groups excluding carboxylic acids is 1. The maximum Gasteiger partial charge on any atom is 0.254 e. The molecule has 0 bridgehead atoms. The average Bonchev–Trinajstić information content (AvgIpc) is 3.35. The van der Waals surface area contributed by atoms with Crippen molar-refractivity contribution in [3.8, 4) is 5.82 Å². The molecule has 0 radical (unpaired) electrons. The number of hydrogen-bond acceptors (Lipinski definition) is 6. The third kappa shape index (κ3) is 3.72. The van der Waals surface area contributed by atoms with E-state index in [0.717, 1.165) is 21.0 Å². The molecule has 0 saturated carbocycles. The summed E-state index contributed by atoms with van der Waals surface area (Å²) in [4.78, 5) is 21.4. The zero-order valence-electron chi connectivity index (χ0n) is 15.4. The van der Waals surface area contributed by atoms with E-state index in [2.05, 4.69) is 25.7 Å². The largest absolute Gasteiger partial charge is 0.360 e. The predicted molar refractivity (Wildman–Crippen MR) is 111 cm³/mol. The number of para-hydroxylation sites is 1. The normalized spacial score (nSPS) is 10.9. The number of nitrogens with zero attached hydrogens (tertiary/aromatic N) is 4. The van der Waals surface area contributed by atoms with E-state index < -0.39 is 0 Å². The van der Waals surface area contributed by atoms with Crippen LogP contribution in [0, 0.1) is 0 Å². The van der Waals surface area contributed by atoms with Gasteiger partial charge in [0.05, 0.1) is 27.7 Å². The van der Waals surface area contributed by atoms with Gasteiger partial charge in [-0.2, -0.15) is 5.10 Å². The average molecular weight is 392 g/mol. The van der Waals surface area contributed by atoms with Crippen LogP contribution in [0.2, 0.25) is 0 Å². The zero-order valence-corrected chi connectivity index (χ0v) is 16.2. The molecule has 4 aromatic rings. The van der Waals surface area contributed by atoms with E-state index in [9.17, 15) is 4.79 Å². The molecule has 3 heterocycles. The van der Waals surface area contributed by atoms with E-state index in [1.165, 1.54) is 0 Å². The summed E-state index contributed by atoms with van der Waals surface area (Å²) in [5.74, 6) is 0.570. The van der Waals surface area contributed by atoms with Crippen LogP contribution in [0.25, 0.3) is 16.0 Å². The number of benzene rings is 1. The summed E-state index contributed by atoms with van der Waals surface area (Å²) in [5.41, 5.74) is 2.40. The van der Waals surface area contributed by atoms with Gasteiger partial charge in [0.15, 0.2) is 10.9 Å². The molecule has 0 aliphatic heterocycles. The Hall–Kier alpha value is -3.26. The zero-order chi connectivity index (χ0) is 19.3. The number of carbonyl (C=O) groups is 1. The van der Waals surface area contributed by atoms with Crippen LogP contribution in [-0.2, 0) is 6.42 Å². The van der Waals surface area contributed by atoms with Crippen molar-refractivity contribution >= 4 is 32.6 Å². The number of hydrogen-bond donors (Lipinski definition) is 2. The van der Waals surface area contributed by atoms with E-state index in [0.29, 0.717) is 30.9 Å². The van der Waals surface area contributed by atoms with Crippen molar-refractivity contribution in [2.24, 2.45) is 0 Å². The highest BCUT2D eigenvalue weighted by atomic mass is 32.1. The summed E-state index contributed by atoms with van der Waals surface area (Å²) < 4.78 is 2.86. The number of aromatic nitrogens is 4. The molecule has 0 spiro atoms. The van der Waals surface area contributed by atoms with Crippen LogP contribution in [0.4, 0.5) is 5.13 Å². The van der Waals surface area contributed by atoms with Crippen LogP contribution in [0.15, 0.2) is 54.9 Å². The van der Waals surface area contributed by atoms with Gasteiger partial charge in [0, 0.05) is 19.3 Å². The Labute approximate surface area is 166 Å². The molecule has 0 fully saturated rings. The van der Waals surface area contributed by atoms with Crippen LogP contribution < -0.4 is 10.6 Å². The molecule has 8 heteroatoms. The Morgan fingerprint density at radius 1 is 1.14 bits per heavy atom. The standard InChI is InChI=1S/C20H20N6OS/c1-2-16-14(13-24-26(16)18-9-5-6-10-21-18)19(27)22-11-12-23-20-25-15-7-3-4-8-17(15)28-20/h3-10,13H,2,11-12H2,1H3,(H,22,27)(H,23,25). The fourth-order valence-electron chi connectivity index (χ4n) is 2.97. The Morgan fingerprint density at radius 3 is 2.79 bits per heavy atom. The number of pyridine rings is 1. The molecule has 3 aromatic heterocycles. The summed E-state index contributed by atoms with van der Waals surface area (Å²) in [7, 11) is 0. The molecule has 7 nitrogen and oxygen atoms in total. The van der Waals surface area contributed by atoms with Crippen molar-refractivity contribution in [3.63, 3.8) is 0 Å². The molecule has 1 amide bonds. The number of amides is 1. The highest BCUT2D eigenvalue weighted by molar-refractivity contribution is 7.22. The van der Waals surface area contributed by atoms with Crippen molar-refractivity contribution in [1.82, 2.24) is 25.1 Å². The van der Waals surface area contributed by atoms with Crippen LogP contribution in [0.3, 0.4) is 0 Å². The first-order valence-electron chi connectivity index (χ1n) is 9.12. The van der Waals surface area contributed by atoms with Gasteiger partial charge in [0.1, 0.15) is 0 Å². The fraction of sp³-hybridized carbons (Fsp3) is 0.200. The maximum atomic E-state index is 12.6. The summed E-state index contributed by atoms with van der Waals surface area (Å²) in [5, 5.41) is 11.4. The lowest BCUT2D eigenvalue weighted by Gasteiger charge is -2.08. The number of anilines is 1. The lowest BCUT2D eigenvalue weighted by Crippen LogP contribution is -2.29. The number of fused-ring (bicyclic) bond motifs is 1. The minimum Gasteiger partial charge on any atom is -0.360 e. The molecule has 0 saturated heterocycles. The van der Waals surface area contributed by atoms with E-state index in [1.54, 1.807) is 28.4 Å². The molecule has 28 heavy (non-hydrogen) atoms. The summed E-state index contributed by atoms with van der Waals surface area (Å²) in [6, 6.07) is 13.6. The molecular weight excluding hydrogens is 372 g/mol. The fourth-order valence-corrected chi connectivity index (χ4v) is 3.86. The first-order valence-corrected chi connectivity index (χ1v) is 9.94. The second kappa shape index (κ2) is 8.18. The Kier molecular flexibility index (Phi) is 5.29. The lowest BCUT2D eigenvalue weighted by atomic mass is 10.2. The lowest BCUT2D eigenvalue weighted by molar-refractivity contribution is 0.0954. The van der Waals surface area contributed by atoms with Gasteiger partial charge in [0.25, 0.3) is 5.91 Å². The molecule has 0 atom stereocenters. The highest BCUT2D eigenvalue weighted by Gasteiger charge is 2.17. The molecule has 142 valence electrons. The van der Waals surface area contributed by atoms with Gasteiger partial charge < -0.3 is 10.6 Å². The first kappa shape index (κ1) is 18.1. The van der Waals surface area contributed by atoms with E-state index >= 15 is 0 Å². The second-order valence-electron chi connectivity index (χ2n) is 6.13. The quantitative estimate of drug-likeness (QED) is 0.472. The molecule has 2 N–H and O–H groups in total. The van der Waals surface area contributed by atoms with Crippen molar-refractivity contribution in [2.75, 3.05) is 18.4 Å². The van der Waals surface area contributed by atoms with Gasteiger partial charge in [-0.25, -0.2) is 14.6 Å². The van der Waals surface area contributed by atoms with Crippen molar-refractivity contribution in [3.05, 3.63) is 66.1 Å². The number of nitrogens with one attached hydrogen (secondary N) is 2. The third-order valence-electron chi connectivity index (χ3n) is 4.30. The van der Waals surface area contributed by atoms with Crippen LogP contribution in [0.1, 0.15) is 23.0 Å². The highest BCUT2D eigenvalue weighted by Crippen LogP contribution is 2.24. The topological polar surface area (TPSA) is 84.7 Å². The Bertz CT molecular complexity index is 1060. The SMILES string of the molecule is CCc1c(C(=O)NCCNc2nc3ccccc3s2)cnn1-c1ccccn1. The van der Waals surface area contributed by atoms with E-state index in [1.807, 2.05) is 49.4 Å². The molecule has 0 aliphatic rings. The Balaban J connectivity index is 1.37. The molecule has 0 unspecified atom stereocenters. The molecular formula is C20H20N6OS. The smallest absolute Gasteiger partial charge is 0.254 e. The molecule has 4 rings (SSSR count).